The second-order valence-electron chi connectivity index (χ2n) is 8.14. The Morgan fingerprint density at radius 2 is 1.50 bits per heavy atom. The fourth-order valence-electron chi connectivity index (χ4n) is 4.14. The Balaban J connectivity index is 1.39. The lowest BCUT2D eigenvalue weighted by Crippen LogP contribution is -2.42. The van der Waals surface area contributed by atoms with Crippen molar-refractivity contribution in [3.8, 4) is 11.1 Å². The Kier molecular flexibility index (Phi) is 6.56. The molecule has 8 nitrogen and oxygen atoms in total. The molecule has 4 rings (SSSR count). The molecule has 0 saturated carbocycles. The maximum absolute atomic E-state index is 12.5. The highest BCUT2D eigenvalue weighted by atomic mass is 32.2. The topological polar surface area (TPSA) is 122 Å². The molecule has 1 atom stereocenters. The van der Waals surface area contributed by atoms with Crippen LogP contribution in [-0.4, -0.2) is 44.5 Å². The van der Waals surface area contributed by atoms with E-state index >= 15 is 0 Å². The highest BCUT2D eigenvalue weighted by Crippen LogP contribution is 2.44. The fraction of sp³-hybridized carbons (Fsp3) is 0.200. The normalized spacial score (nSPS) is 13.4. The summed E-state index contributed by atoms with van der Waals surface area (Å²) in [5.41, 5.74) is 5.31. The highest BCUT2D eigenvalue weighted by molar-refractivity contribution is 7.92. The quantitative estimate of drug-likeness (QED) is 0.453. The van der Waals surface area contributed by atoms with Gasteiger partial charge >= 0.3 is 12.1 Å². The van der Waals surface area contributed by atoms with Crippen LogP contribution < -0.4 is 10.0 Å². The molecule has 3 aromatic rings. The van der Waals surface area contributed by atoms with Crippen LogP contribution in [-0.2, 0) is 26.0 Å². The number of rotatable bonds is 8. The van der Waals surface area contributed by atoms with Crippen LogP contribution in [0, 0.1) is 0 Å². The summed E-state index contributed by atoms with van der Waals surface area (Å²) in [6.45, 7) is 0.0814. The number of carbonyl (C=O) groups is 2. The van der Waals surface area contributed by atoms with E-state index in [-0.39, 0.29) is 18.9 Å². The average molecular weight is 481 g/mol. The number of benzene rings is 3. The van der Waals surface area contributed by atoms with E-state index in [1.807, 2.05) is 48.5 Å². The summed E-state index contributed by atoms with van der Waals surface area (Å²) in [4.78, 5) is 24.2. The molecule has 0 fully saturated rings. The molecule has 9 heteroatoms. The number of ether oxygens (including phenoxy) is 1. The van der Waals surface area contributed by atoms with Gasteiger partial charge in [-0.3, -0.25) is 4.72 Å². The monoisotopic (exact) mass is 480 g/mol. The molecule has 0 saturated heterocycles. The number of aliphatic carboxylic acids is 1. The van der Waals surface area contributed by atoms with E-state index in [9.17, 15) is 23.1 Å². The Morgan fingerprint density at radius 1 is 0.941 bits per heavy atom. The van der Waals surface area contributed by atoms with Gasteiger partial charge in [-0.05, 0) is 39.9 Å². The van der Waals surface area contributed by atoms with Crippen LogP contribution in [0.4, 0.5) is 10.5 Å². The van der Waals surface area contributed by atoms with Gasteiger partial charge in [0.2, 0.25) is 10.0 Å². The SMILES string of the molecule is CS(=O)(=O)Nc1ccc(CC(NC(=O)OCC2c3ccccc3-c3ccccc32)C(=O)O)cc1. The van der Waals surface area contributed by atoms with E-state index in [0.717, 1.165) is 28.5 Å². The maximum Gasteiger partial charge on any atom is 0.407 e. The molecule has 0 bridgehead atoms. The van der Waals surface area contributed by atoms with Crippen LogP contribution >= 0.6 is 0 Å². The van der Waals surface area contributed by atoms with Gasteiger partial charge in [-0.15, -0.1) is 0 Å². The largest absolute Gasteiger partial charge is 0.480 e. The van der Waals surface area contributed by atoms with Gasteiger partial charge in [-0.2, -0.15) is 0 Å². The third-order valence-corrected chi connectivity index (χ3v) is 6.24. The van der Waals surface area contributed by atoms with Crippen LogP contribution in [0.25, 0.3) is 11.1 Å². The summed E-state index contributed by atoms with van der Waals surface area (Å²) in [6.07, 6.45) is 0.239. The summed E-state index contributed by atoms with van der Waals surface area (Å²) in [7, 11) is -3.41. The van der Waals surface area contributed by atoms with Crippen LogP contribution in [0.1, 0.15) is 22.6 Å². The van der Waals surface area contributed by atoms with E-state index in [1.54, 1.807) is 12.1 Å². The molecule has 3 aromatic carbocycles. The van der Waals surface area contributed by atoms with Gasteiger partial charge in [-0.25, -0.2) is 18.0 Å². The number of carboxylic acids is 1. The first-order chi connectivity index (χ1) is 16.2. The van der Waals surface area contributed by atoms with Gasteiger partial charge in [-0.1, -0.05) is 60.7 Å². The van der Waals surface area contributed by atoms with Crippen molar-refractivity contribution >= 4 is 27.8 Å². The van der Waals surface area contributed by atoms with Crippen molar-refractivity contribution in [1.82, 2.24) is 5.32 Å². The second-order valence-corrected chi connectivity index (χ2v) is 9.88. The maximum atomic E-state index is 12.5. The van der Waals surface area contributed by atoms with Gasteiger partial charge < -0.3 is 15.2 Å². The first-order valence-corrected chi connectivity index (χ1v) is 12.5. The minimum Gasteiger partial charge on any atom is -0.480 e. The van der Waals surface area contributed by atoms with Crippen LogP contribution in [0.15, 0.2) is 72.8 Å². The third kappa shape index (κ3) is 5.37. The summed E-state index contributed by atoms with van der Waals surface area (Å²) in [5, 5.41) is 12.0. The lowest BCUT2D eigenvalue weighted by Gasteiger charge is -2.17. The summed E-state index contributed by atoms with van der Waals surface area (Å²) >= 11 is 0. The zero-order valence-corrected chi connectivity index (χ0v) is 19.2. The number of hydrogen-bond donors (Lipinski definition) is 3. The van der Waals surface area contributed by atoms with Crippen molar-refractivity contribution in [1.29, 1.82) is 0 Å². The van der Waals surface area contributed by atoms with E-state index in [2.05, 4.69) is 10.0 Å². The lowest BCUT2D eigenvalue weighted by molar-refractivity contribution is -0.139. The number of carboxylic acid groups (broad SMARTS) is 1. The first kappa shape index (κ1) is 23.3. The number of amides is 1. The molecule has 176 valence electrons. The van der Waals surface area contributed by atoms with E-state index < -0.39 is 28.1 Å². The van der Waals surface area contributed by atoms with Crippen molar-refractivity contribution < 1.29 is 27.9 Å². The number of carbonyl (C=O) groups excluding carboxylic acids is 1. The molecule has 34 heavy (non-hydrogen) atoms. The number of fused-ring (bicyclic) bond motifs is 3. The van der Waals surface area contributed by atoms with Gasteiger partial charge in [0.25, 0.3) is 0 Å². The van der Waals surface area contributed by atoms with Crippen molar-refractivity contribution in [2.24, 2.45) is 0 Å². The fourth-order valence-corrected chi connectivity index (χ4v) is 4.71. The standard InChI is InChI=1S/C25H24N2O6S/c1-34(31,32)27-17-12-10-16(11-13-17)14-23(24(28)29)26-25(30)33-15-22-20-8-4-2-6-18(20)19-7-3-5-9-21(19)22/h2-13,22-23,27H,14-15H2,1H3,(H,26,30)(H,28,29). The third-order valence-electron chi connectivity index (χ3n) is 5.63. The van der Waals surface area contributed by atoms with Crippen molar-refractivity contribution in [2.45, 2.75) is 18.4 Å². The molecule has 0 spiro atoms. The number of hydrogen-bond acceptors (Lipinski definition) is 5. The predicted octanol–water partition coefficient (Wildman–Crippen LogP) is 3.59. The van der Waals surface area contributed by atoms with Gasteiger partial charge in [0.05, 0.1) is 6.26 Å². The van der Waals surface area contributed by atoms with Crippen LogP contribution in [0.2, 0.25) is 0 Å². The Labute approximate surface area is 197 Å². The molecule has 1 unspecified atom stereocenters. The van der Waals surface area contributed by atoms with E-state index in [4.69, 9.17) is 4.74 Å². The van der Waals surface area contributed by atoms with E-state index in [1.165, 1.54) is 12.1 Å². The zero-order valence-electron chi connectivity index (χ0n) is 18.4. The number of sulfonamides is 1. The zero-order chi connectivity index (χ0) is 24.3. The minimum absolute atomic E-state index is 0.0126. The molecular formula is C25H24N2O6S. The minimum atomic E-state index is -3.41. The molecule has 0 aliphatic heterocycles. The predicted molar refractivity (Wildman–Crippen MR) is 128 cm³/mol. The first-order valence-electron chi connectivity index (χ1n) is 10.6. The van der Waals surface area contributed by atoms with Crippen molar-refractivity contribution in [3.05, 3.63) is 89.5 Å². The Morgan fingerprint density at radius 3 is 2.03 bits per heavy atom. The van der Waals surface area contributed by atoms with Crippen molar-refractivity contribution in [3.63, 3.8) is 0 Å². The summed E-state index contributed by atoms with van der Waals surface area (Å²) in [5.74, 6) is -1.33. The summed E-state index contributed by atoms with van der Waals surface area (Å²) in [6, 6.07) is 20.9. The molecule has 1 aliphatic rings. The Hall–Kier alpha value is -3.85. The second kappa shape index (κ2) is 9.56. The highest BCUT2D eigenvalue weighted by Gasteiger charge is 2.29. The Bertz CT molecular complexity index is 1280. The number of alkyl carbamates (subject to hydrolysis) is 1. The van der Waals surface area contributed by atoms with E-state index in [0.29, 0.717) is 11.3 Å². The molecule has 0 radical (unpaired) electrons. The average Bonchev–Trinajstić information content (AvgIpc) is 3.11. The molecule has 1 amide bonds. The summed E-state index contributed by atoms with van der Waals surface area (Å²) < 4.78 is 30.4. The van der Waals surface area contributed by atoms with Crippen LogP contribution in [0.3, 0.4) is 0 Å². The molecular weight excluding hydrogens is 456 g/mol. The molecule has 0 heterocycles. The molecule has 3 N–H and O–H groups in total. The van der Waals surface area contributed by atoms with Gasteiger partial charge in [0, 0.05) is 18.0 Å². The smallest absolute Gasteiger partial charge is 0.407 e. The van der Waals surface area contributed by atoms with Crippen molar-refractivity contribution in [2.75, 3.05) is 17.6 Å². The molecule has 0 aromatic heterocycles. The van der Waals surface area contributed by atoms with Crippen LogP contribution in [0.5, 0.6) is 0 Å². The lowest BCUT2D eigenvalue weighted by atomic mass is 9.98. The van der Waals surface area contributed by atoms with Gasteiger partial charge in [0.1, 0.15) is 12.6 Å². The number of nitrogens with one attached hydrogen (secondary N) is 2. The molecule has 1 aliphatic carbocycles. The number of anilines is 1. The van der Waals surface area contributed by atoms with Gasteiger partial charge in [0.15, 0.2) is 0 Å².